The molecule has 22 heteroatoms. The Bertz CT molecular complexity index is 3320. The molecule has 3 radical (unpaired) electrons. The van der Waals surface area contributed by atoms with Crippen molar-refractivity contribution in [2.45, 2.75) is 91.0 Å². The molecule has 0 aliphatic heterocycles. The number of benzene rings is 7. The number of aliphatic imine (C=N–C) groups is 1. The maximum absolute atomic E-state index is 12.1. The van der Waals surface area contributed by atoms with Crippen molar-refractivity contribution in [2.75, 3.05) is 26.4 Å². The minimum atomic E-state index is -1.24. The van der Waals surface area contributed by atoms with Gasteiger partial charge in [-0.1, -0.05) is 140 Å². The van der Waals surface area contributed by atoms with Gasteiger partial charge in [-0.3, -0.25) is 14.6 Å². The number of hydrogen-bond donors (Lipinski definition) is 10. The Kier molecular flexibility index (Phi) is 38.5. The maximum atomic E-state index is 12.1. The number of aldehydes is 1. The average molecular weight is 1280 g/mol. The zero-order chi connectivity index (χ0) is 68.1. The van der Waals surface area contributed by atoms with E-state index in [-0.39, 0.29) is 72.1 Å². The summed E-state index contributed by atoms with van der Waals surface area (Å²) in [6.45, 7) is 19.3. The molecule has 0 spiro atoms. The van der Waals surface area contributed by atoms with E-state index in [1.165, 1.54) is 78.4 Å². The SMILES string of the molecule is C.C=CCC(N)(C(=O)OCC)c1ccc(O)cc1.C=CC[C@](N)(C(=O)OCC)c1ccc(O)cc1.CCOC(=O)C(N=Cc1ccc(C)cc1)c1ccc(O)cc1.CCOC(=O)[C@H](N)c1ccc(O)cc1.Cc1ccc(C=O)cc1.N[C@@H](C(=O)O)c1ccc(O)cc1.[2HH].[B]. The number of nitrogens with zero attached hydrogens (tertiary/aromatic N) is 1. The van der Waals surface area contributed by atoms with Crippen LogP contribution in [0.4, 0.5) is 0 Å². The lowest BCUT2D eigenvalue weighted by Gasteiger charge is -2.26. The zero-order valence-electron chi connectivity index (χ0n) is 52.5. The Labute approximate surface area is 547 Å². The molecule has 93 heavy (non-hydrogen) atoms. The van der Waals surface area contributed by atoms with Crippen molar-refractivity contribution < 1.29 is 79.8 Å². The third-order valence-corrected chi connectivity index (χ3v) is 12.7. The van der Waals surface area contributed by atoms with Crippen LogP contribution in [0.3, 0.4) is 0 Å². The molecule has 2 unspecified atom stereocenters. The highest BCUT2D eigenvalue weighted by Crippen LogP contribution is 2.28. The minimum Gasteiger partial charge on any atom is -0.508 e. The van der Waals surface area contributed by atoms with Gasteiger partial charge in [-0.25, -0.2) is 19.2 Å². The summed E-state index contributed by atoms with van der Waals surface area (Å²) < 4.78 is 19.8. The molecular weight excluding hydrogens is 1190 g/mol. The fourth-order valence-electron chi connectivity index (χ4n) is 7.62. The zero-order valence-corrected chi connectivity index (χ0v) is 52.5. The van der Waals surface area contributed by atoms with Crippen LogP contribution in [0.15, 0.2) is 200 Å². The van der Waals surface area contributed by atoms with E-state index in [1.54, 1.807) is 94.6 Å². The molecule has 0 saturated carbocycles. The molecule has 0 amide bonds. The Morgan fingerprint density at radius 2 is 0.785 bits per heavy atom. The van der Waals surface area contributed by atoms with Crippen molar-refractivity contribution in [3.05, 3.63) is 245 Å². The molecule has 7 aromatic carbocycles. The van der Waals surface area contributed by atoms with Crippen molar-refractivity contribution in [3.63, 3.8) is 0 Å². The number of carboxylic acids is 1. The number of phenols is 5. The van der Waals surface area contributed by atoms with Gasteiger partial charge in [0.1, 0.15) is 58.2 Å². The quantitative estimate of drug-likeness (QED) is 0.00798. The summed E-state index contributed by atoms with van der Waals surface area (Å²) in [4.78, 5) is 72.0. The van der Waals surface area contributed by atoms with E-state index < -0.39 is 59.0 Å². The number of aliphatic carboxylic acids is 1. The van der Waals surface area contributed by atoms with Gasteiger partial charge in [0.25, 0.3) is 0 Å². The topological polar surface area (TPSA) is 377 Å². The summed E-state index contributed by atoms with van der Waals surface area (Å²) in [7, 11) is 0. The standard InChI is InChI=1S/C18H19NO3.2C13H17NO3.C10H13NO3.C8H9NO3.C8H8O.CH4.B.H2/c1-3-22-18(21)17(15-8-10-16(20)11-9-15)19-12-14-6-4-13(2)5-7-14;2*1-3-9-13(14,12(16)17-4-2)10-5-7-11(15)8-6-10;1-2-14-10(13)9(11)7-3-5-8(12)6-4-7;9-7(8(11)12)5-1-3-6(10)4-2-5;1-7-2-4-8(6-9)5-3-7;;;/h4-12,17,20H,3H2,1-2H3;2*3,5-8,15H,1,4,9,14H2,2H3;3-6,9,12H,2,11H2,1H3;1-4,7,10H,9H2,(H,11,12);2-6H,1H3;1H4;;1H/t;13-;;9-;7-;;;;/m.1.11..../s1/i;;;;;;;;1+1. The molecule has 0 saturated heterocycles. The molecule has 21 nitrogen and oxygen atoms in total. The second-order valence-electron chi connectivity index (χ2n) is 19.7. The average Bonchev–Trinajstić information content (AvgIpc) is 0.846. The smallest absolute Gasteiger partial charge is 0.335 e. The van der Waals surface area contributed by atoms with Crippen molar-refractivity contribution in [2.24, 2.45) is 27.9 Å². The van der Waals surface area contributed by atoms with Crippen molar-refractivity contribution in [1.29, 1.82) is 0 Å². The maximum Gasteiger partial charge on any atom is 0.335 e. The van der Waals surface area contributed by atoms with E-state index in [9.17, 15) is 44.1 Å². The number of rotatable bonds is 21. The van der Waals surface area contributed by atoms with Crippen LogP contribution in [-0.2, 0) is 54.0 Å². The van der Waals surface area contributed by atoms with Crippen LogP contribution in [0.2, 0.25) is 0 Å². The van der Waals surface area contributed by atoms with Crippen LogP contribution in [0, 0.1) is 13.8 Å². The summed E-state index contributed by atoms with van der Waals surface area (Å²) in [6.07, 6.45) is 6.20. The molecule has 0 aliphatic rings. The number of phenolic OH excluding ortho intramolecular Hbond substituents is 5. The predicted octanol–water partition coefficient (Wildman–Crippen LogP) is 10.5. The van der Waals surface area contributed by atoms with Crippen LogP contribution >= 0.6 is 0 Å². The third-order valence-electron chi connectivity index (χ3n) is 12.7. The van der Waals surface area contributed by atoms with E-state index in [2.05, 4.69) is 18.2 Å². The fraction of sp³-hybridized carbons (Fsp3) is 0.254. The lowest BCUT2D eigenvalue weighted by atomic mass is 9.87. The van der Waals surface area contributed by atoms with Crippen LogP contribution in [0.1, 0.15) is 122 Å². The second-order valence-corrected chi connectivity index (χ2v) is 19.7. The molecule has 0 aliphatic carbocycles. The summed E-state index contributed by atoms with van der Waals surface area (Å²) in [5.41, 5.74) is 27.6. The number of hydrogen-bond acceptors (Lipinski definition) is 20. The van der Waals surface area contributed by atoms with Gasteiger partial charge in [-0.2, -0.15) is 0 Å². The number of esters is 4. The largest absolute Gasteiger partial charge is 0.508 e. The molecule has 0 bridgehead atoms. The molecule has 5 atom stereocenters. The van der Waals surface area contributed by atoms with Gasteiger partial charge < -0.3 is 72.5 Å². The van der Waals surface area contributed by atoms with Gasteiger partial charge in [-0.15, -0.1) is 13.2 Å². The Morgan fingerprint density at radius 3 is 1.10 bits per heavy atom. The van der Waals surface area contributed by atoms with E-state index in [1.807, 2.05) is 62.4 Å². The van der Waals surface area contributed by atoms with Crippen LogP contribution in [0.25, 0.3) is 0 Å². The number of aryl methyl sites for hydroxylation is 2. The van der Waals surface area contributed by atoms with Crippen molar-refractivity contribution >= 4 is 50.8 Å². The van der Waals surface area contributed by atoms with Crippen molar-refractivity contribution in [1.82, 2.24) is 0 Å². The summed E-state index contributed by atoms with van der Waals surface area (Å²) in [5.74, 6) is -2.31. The highest BCUT2D eigenvalue weighted by atomic mass is 16.5. The van der Waals surface area contributed by atoms with Crippen LogP contribution in [0.5, 0.6) is 28.7 Å². The molecule has 14 N–H and O–H groups in total. The summed E-state index contributed by atoms with van der Waals surface area (Å²) in [5, 5.41) is 54.2. The molecule has 497 valence electrons. The number of carbonyl (C=O) groups excluding carboxylic acids is 5. The molecule has 7 aromatic rings. The first-order valence-corrected chi connectivity index (χ1v) is 28.6. The van der Waals surface area contributed by atoms with E-state index in [0.717, 1.165) is 23.0 Å². The first kappa shape index (κ1) is 82.6. The Balaban J connectivity index is 0. The van der Waals surface area contributed by atoms with Crippen LogP contribution in [-0.4, -0.2) is 108 Å². The van der Waals surface area contributed by atoms with E-state index >= 15 is 0 Å². The van der Waals surface area contributed by atoms with Gasteiger partial charge in [0.15, 0.2) is 6.04 Å². The van der Waals surface area contributed by atoms with E-state index in [4.69, 9.17) is 57.2 Å². The number of aromatic hydroxyl groups is 5. The van der Waals surface area contributed by atoms with Gasteiger partial charge in [0, 0.05) is 21.6 Å². The minimum absolute atomic E-state index is 0. The summed E-state index contributed by atoms with van der Waals surface area (Å²) >= 11 is 0. The monoisotopic (exact) mass is 1280 g/mol. The highest BCUT2D eigenvalue weighted by molar-refractivity contribution is 5.86. The normalized spacial score (nSPS) is 12.2. The first-order valence-electron chi connectivity index (χ1n) is 28.6. The lowest BCUT2D eigenvalue weighted by Crippen LogP contribution is -2.45. The Morgan fingerprint density at radius 1 is 0.484 bits per heavy atom. The molecule has 0 aromatic heterocycles. The van der Waals surface area contributed by atoms with Gasteiger partial charge >= 0.3 is 29.8 Å². The van der Waals surface area contributed by atoms with Crippen LogP contribution < -0.4 is 22.9 Å². The Hall–Kier alpha value is -10.4. The third kappa shape index (κ3) is 28.5. The van der Waals surface area contributed by atoms with Gasteiger partial charge in [-0.05, 0) is 148 Å². The number of nitrogens with two attached hydrogens (primary N) is 4. The first-order chi connectivity index (χ1) is 43.3. The number of ether oxygens (including phenoxy) is 4. The lowest BCUT2D eigenvalue weighted by molar-refractivity contribution is -0.150. The molecular formula is C71H89BN5O16. The highest BCUT2D eigenvalue weighted by Gasteiger charge is 2.37. The number of carbonyl (C=O) groups is 6. The predicted molar refractivity (Wildman–Crippen MR) is 363 cm³/mol. The van der Waals surface area contributed by atoms with Gasteiger partial charge in [0.05, 0.1) is 26.4 Å². The fourth-order valence-corrected chi connectivity index (χ4v) is 7.62. The molecule has 0 heterocycles. The van der Waals surface area contributed by atoms with Gasteiger partial charge in [0.2, 0.25) is 0 Å². The molecule has 0 fully saturated rings. The number of carboxylic acid groups (broad SMARTS) is 1. The second kappa shape index (κ2) is 43.3. The van der Waals surface area contributed by atoms with E-state index in [0.29, 0.717) is 41.0 Å². The summed E-state index contributed by atoms with van der Waals surface area (Å²) in [6, 6.07) is 43.5. The molecule has 7 rings (SSSR count). The van der Waals surface area contributed by atoms with Crippen molar-refractivity contribution in [3.8, 4) is 28.7 Å².